The van der Waals surface area contributed by atoms with Gasteiger partial charge in [0.15, 0.2) is 5.65 Å². The number of aryl methyl sites for hydroxylation is 1. The zero-order chi connectivity index (χ0) is 12.7. The number of imidazole rings is 1. The molecule has 18 heavy (non-hydrogen) atoms. The number of pyridine rings is 1. The molecule has 4 heteroatoms. The number of H-pyrrole nitrogens is 1. The van der Waals surface area contributed by atoms with Crippen molar-refractivity contribution in [2.45, 2.75) is 13.8 Å². The first-order valence-corrected chi connectivity index (χ1v) is 6.11. The molecule has 0 aliphatic rings. The molecule has 1 aromatic carbocycles. The summed E-state index contributed by atoms with van der Waals surface area (Å²) in [6, 6.07) is 7.85. The van der Waals surface area contributed by atoms with E-state index >= 15 is 0 Å². The van der Waals surface area contributed by atoms with Gasteiger partial charge in [0.2, 0.25) is 0 Å². The zero-order valence-corrected chi connectivity index (χ0v) is 10.9. The Labute approximate surface area is 110 Å². The van der Waals surface area contributed by atoms with Gasteiger partial charge in [-0.05, 0) is 37.1 Å². The van der Waals surface area contributed by atoms with Crippen molar-refractivity contribution in [3.05, 3.63) is 46.6 Å². The molecular formula is C14H12ClN3. The Morgan fingerprint density at radius 1 is 1.22 bits per heavy atom. The van der Waals surface area contributed by atoms with Crippen LogP contribution >= 0.6 is 11.6 Å². The van der Waals surface area contributed by atoms with Crippen LogP contribution in [-0.2, 0) is 0 Å². The average Bonchev–Trinajstić information content (AvgIpc) is 2.75. The minimum absolute atomic E-state index is 0.731. The molecule has 0 aliphatic heterocycles. The Kier molecular flexibility index (Phi) is 2.56. The number of nitrogens with one attached hydrogen (secondary N) is 1. The molecule has 1 N–H and O–H groups in total. The number of benzene rings is 1. The van der Waals surface area contributed by atoms with E-state index in [0.29, 0.717) is 0 Å². The third-order valence-electron chi connectivity index (χ3n) is 3.00. The summed E-state index contributed by atoms with van der Waals surface area (Å²) in [5.41, 5.74) is 4.83. The number of aromatic amines is 1. The molecule has 0 bridgehead atoms. The topological polar surface area (TPSA) is 41.6 Å². The maximum Gasteiger partial charge on any atom is 0.178 e. The maximum absolute atomic E-state index is 6.13. The highest BCUT2D eigenvalue weighted by Crippen LogP contribution is 2.27. The molecule has 0 aliphatic carbocycles. The van der Waals surface area contributed by atoms with Gasteiger partial charge in [0.1, 0.15) is 5.82 Å². The summed E-state index contributed by atoms with van der Waals surface area (Å²) in [5, 5.41) is 0.747. The fourth-order valence-corrected chi connectivity index (χ4v) is 2.17. The second kappa shape index (κ2) is 4.10. The van der Waals surface area contributed by atoms with Gasteiger partial charge < -0.3 is 4.98 Å². The highest BCUT2D eigenvalue weighted by Gasteiger charge is 2.10. The molecule has 0 unspecified atom stereocenters. The predicted molar refractivity (Wildman–Crippen MR) is 73.8 cm³/mol. The third kappa shape index (κ3) is 1.77. The van der Waals surface area contributed by atoms with Crippen molar-refractivity contribution in [1.29, 1.82) is 0 Å². The normalized spacial score (nSPS) is 11.1. The van der Waals surface area contributed by atoms with Gasteiger partial charge in [-0.25, -0.2) is 9.97 Å². The van der Waals surface area contributed by atoms with Gasteiger partial charge in [-0.3, -0.25) is 0 Å². The first-order valence-electron chi connectivity index (χ1n) is 5.73. The van der Waals surface area contributed by atoms with Gasteiger partial charge in [0.05, 0.1) is 5.52 Å². The van der Waals surface area contributed by atoms with Gasteiger partial charge in [-0.1, -0.05) is 23.7 Å². The Morgan fingerprint density at radius 2 is 2.06 bits per heavy atom. The van der Waals surface area contributed by atoms with Crippen LogP contribution in [-0.4, -0.2) is 15.0 Å². The van der Waals surface area contributed by atoms with Crippen molar-refractivity contribution < 1.29 is 0 Å². The van der Waals surface area contributed by atoms with Crippen LogP contribution in [0.1, 0.15) is 11.1 Å². The van der Waals surface area contributed by atoms with Crippen molar-refractivity contribution in [3.63, 3.8) is 0 Å². The summed E-state index contributed by atoms with van der Waals surface area (Å²) in [6.45, 7) is 4.00. The third-order valence-corrected chi connectivity index (χ3v) is 3.41. The number of nitrogens with zero attached hydrogens (tertiary/aromatic N) is 2. The monoisotopic (exact) mass is 257 g/mol. The molecule has 0 fully saturated rings. The minimum atomic E-state index is 0.731. The Morgan fingerprint density at radius 3 is 2.89 bits per heavy atom. The smallest absolute Gasteiger partial charge is 0.178 e. The van der Waals surface area contributed by atoms with Gasteiger partial charge in [0.25, 0.3) is 0 Å². The molecule has 0 spiro atoms. The van der Waals surface area contributed by atoms with Crippen LogP contribution in [0.15, 0.2) is 30.5 Å². The number of aromatic nitrogens is 3. The predicted octanol–water partition coefficient (Wildman–Crippen LogP) is 3.90. The van der Waals surface area contributed by atoms with Crippen LogP contribution in [0.2, 0.25) is 5.02 Å². The molecule has 3 nitrogen and oxygen atoms in total. The van der Waals surface area contributed by atoms with E-state index in [1.54, 1.807) is 0 Å². The van der Waals surface area contributed by atoms with Crippen LogP contribution in [0, 0.1) is 13.8 Å². The summed E-state index contributed by atoms with van der Waals surface area (Å²) < 4.78 is 0. The van der Waals surface area contributed by atoms with Crippen LogP contribution in [0.25, 0.3) is 22.6 Å². The van der Waals surface area contributed by atoms with Crippen LogP contribution in [0.4, 0.5) is 0 Å². The number of rotatable bonds is 1. The lowest BCUT2D eigenvalue weighted by Gasteiger charge is -2.03. The molecule has 3 aromatic rings. The second-order valence-corrected chi connectivity index (χ2v) is 4.79. The fourth-order valence-electron chi connectivity index (χ4n) is 2.00. The van der Waals surface area contributed by atoms with Crippen molar-refractivity contribution in [2.24, 2.45) is 0 Å². The van der Waals surface area contributed by atoms with E-state index in [9.17, 15) is 0 Å². The van der Waals surface area contributed by atoms with Crippen LogP contribution in [0.5, 0.6) is 0 Å². The summed E-state index contributed by atoms with van der Waals surface area (Å²) in [7, 11) is 0. The maximum atomic E-state index is 6.13. The molecule has 2 aromatic heterocycles. The van der Waals surface area contributed by atoms with Crippen molar-refractivity contribution in [3.8, 4) is 11.4 Å². The van der Waals surface area contributed by atoms with Gasteiger partial charge in [-0.2, -0.15) is 0 Å². The Bertz CT molecular complexity index is 731. The van der Waals surface area contributed by atoms with Crippen molar-refractivity contribution in [2.75, 3.05) is 0 Å². The lowest BCUT2D eigenvalue weighted by atomic mass is 10.1. The number of fused-ring (bicyclic) bond motifs is 1. The highest BCUT2D eigenvalue weighted by molar-refractivity contribution is 6.31. The zero-order valence-electron chi connectivity index (χ0n) is 10.2. The van der Waals surface area contributed by atoms with Gasteiger partial charge in [-0.15, -0.1) is 0 Å². The lowest BCUT2D eigenvalue weighted by Crippen LogP contribution is -1.86. The highest BCUT2D eigenvalue weighted by atomic mass is 35.5. The molecule has 90 valence electrons. The van der Waals surface area contributed by atoms with E-state index in [-0.39, 0.29) is 0 Å². The minimum Gasteiger partial charge on any atom is -0.337 e. The Balaban J connectivity index is 2.22. The quantitative estimate of drug-likeness (QED) is 0.718. The number of hydrogen-bond acceptors (Lipinski definition) is 2. The average molecular weight is 258 g/mol. The first kappa shape index (κ1) is 11.2. The molecule has 0 saturated carbocycles. The van der Waals surface area contributed by atoms with E-state index in [2.05, 4.69) is 15.0 Å². The summed E-state index contributed by atoms with van der Waals surface area (Å²) in [4.78, 5) is 12.1. The lowest BCUT2D eigenvalue weighted by molar-refractivity contribution is 1.27. The molecule has 3 rings (SSSR count). The number of halogens is 1. The van der Waals surface area contributed by atoms with Gasteiger partial charge in [0, 0.05) is 16.8 Å². The van der Waals surface area contributed by atoms with Crippen molar-refractivity contribution in [1.82, 2.24) is 15.0 Å². The second-order valence-electron chi connectivity index (χ2n) is 4.38. The van der Waals surface area contributed by atoms with Crippen molar-refractivity contribution >= 4 is 22.8 Å². The van der Waals surface area contributed by atoms with E-state index in [1.807, 2.05) is 44.3 Å². The molecule has 0 atom stereocenters. The summed E-state index contributed by atoms with van der Waals surface area (Å²) >= 11 is 6.13. The van der Waals surface area contributed by atoms with E-state index < -0.39 is 0 Å². The molecule has 0 radical (unpaired) electrons. The van der Waals surface area contributed by atoms with Crippen LogP contribution < -0.4 is 0 Å². The fraction of sp³-hybridized carbons (Fsp3) is 0.143. The Hall–Kier alpha value is -1.87. The SMILES string of the molecule is Cc1cnc2nc(-c3cccc(Cl)c3C)[nH]c2c1. The van der Waals surface area contributed by atoms with E-state index in [0.717, 1.165) is 38.7 Å². The van der Waals surface area contributed by atoms with Crippen LogP contribution in [0.3, 0.4) is 0 Å². The molecule has 2 heterocycles. The summed E-state index contributed by atoms with van der Waals surface area (Å²) in [5.74, 6) is 0.808. The standard InChI is InChI=1S/C14H12ClN3/c1-8-6-12-14(16-7-8)18-13(17-12)10-4-3-5-11(15)9(10)2/h3-7H,1-2H3,(H,16,17,18). The molecule has 0 saturated heterocycles. The van der Waals surface area contributed by atoms with Gasteiger partial charge >= 0.3 is 0 Å². The van der Waals surface area contributed by atoms with E-state index in [1.165, 1.54) is 0 Å². The molecule has 0 amide bonds. The summed E-state index contributed by atoms with van der Waals surface area (Å²) in [6.07, 6.45) is 1.82. The first-order chi connectivity index (χ1) is 8.65. The van der Waals surface area contributed by atoms with E-state index in [4.69, 9.17) is 11.6 Å². The number of hydrogen-bond donors (Lipinski definition) is 1. The molecular weight excluding hydrogens is 246 g/mol. The largest absolute Gasteiger partial charge is 0.337 e.